The summed E-state index contributed by atoms with van der Waals surface area (Å²) >= 11 is 0. The summed E-state index contributed by atoms with van der Waals surface area (Å²) in [5, 5.41) is 0. The molecule has 0 saturated carbocycles. The van der Waals surface area contributed by atoms with E-state index in [-0.39, 0.29) is 11.3 Å². The van der Waals surface area contributed by atoms with Gasteiger partial charge in [-0.1, -0.05) is 12.1 Å². The third-order valence-corrected chi connectivity index (χ3v) is 3.59. The van der Waals surface area contributed by atoms with Gasteiger partial charge in [0.25, 0.3) is 0 Å². The number of ketones is 1. The fourth-order valence-electron chi connectivity index (χ4n) is 2.41. The van der Waals surface area contributed by atoms with Crippen LogP contribution in [0.25, 0.3) is 0 Å². The van der Waals surface area contributed by atoms with E-state index in [4.69, 9.17) is 0 Å². The number of benzene rings is 2. The standard InChI is InChI=1S/C18H18F3NO2/c1-3-22(4-2)15-10-8-13(9-11-15)17(23)14-6-5-7-16(12-14)24-18(19,20)21/h5-12H,3-4H2,1-2H3. The topological polar surface area (TPSA) is 29.5 Å². The monoisotopic (exact) mass is 337 g/mol. The third kappa shape index (κ3) is 4.50. The fraction of sp³-hybridized carbons (Fsp3) is 0.278. The molecule has 0 fully saturated rings. The minimum absolute atomic E-state index is 0.146. The average molecular weight is 337 g/mol. The third-order valence-electron chi connectivity index (χ3n) is 3.59. The summed E-state index contributed by atoms with van der Waals surface area (Å²) in [4.78, 5) is 14.6. The van der Waals surface area contributed by atoms with Crippen LogP contribution in [0, 0.1) is 0 Å². The van der Waals surface area contributed by atoms with Gasteiger partial charge in [-0.25, -0.2) is 0 Å². The molecule has 0 saturated heterocycles. The molecule has 3 nitrogen and oxygen atoms in total. The van der Waals surface area contributed by atoms with E-state index in [1.54, 1.807) is 12.1 Å². The van der Waals surface area contributed by atoms with Crippen LogP contribution >= 0.6 is 0 Å². The van der Waals surface area contributed by atoms with Crippen LogP contribution in [-0.4, -0.2) is 25.2 Å². The average Bonchev–Trinajstić information content (AvgIpc) is 2.55. The van der Waals surface area contributed by atoms with Crippen LogP contribution in [0.15, 0.2) is 48.5 Å². The maximum Gasteiger partial charge on any atom is 0.573 e. The number of rotatable bonds is 6. The molecule has 0 atom stereocenters. The van der Waals surface area contributed by atoms with E-state index in [0.29, 0.717) is 5.56 Å². The van der Waals surface area contributed by atoms with Crippen LogP contribution in [-0.2, 0) is 0 Å². The zero-order valence-electron chi connectivity index (χ0n) is 13.4. The fourth-order valence-corrected chi connectivity index (χ4v) is 2.41. The van der Waals surface area contributed by atoms with Crippen LogP contribution in [0.1, 0.15) is 29.8 Å². The lowest BCUT2D eigenvalue weighted by atomic mass is 10.0. The Labute approximate surface area is 138 Å². The van der Waals surface area contributed by atoms with Crippen molar-refractivity contribution in [3.63, 3.8) is 0 Å². The highest BCUT2D eigenvalue weighted by Crippen LogP contribution is 2.24. The Bertz CT molecular complexity index is 692. The van der Waals surface area contributed by atoms with E-state index in [1.807, 2.05) is 26.0 Å². The molecule has 0 aromatic heterocycles. The smallest absolute Gasteiger partial charge is 0.406 e. The van der Waals surface area contributed by atoms with Crippen LogP contribution in [0.4, 0.5) is 18.9 Å². The quantitative estimate of drug-likeness (QED) is 0.718. The number of halogens is 3. The minimum Gasteiger partial charge on any atom is -0.406 e. The molecule has 24 heavy (non-hydrogen) atoms. The Morgan fingerprint density at radius 2 is 1.62 bits per heavy atom. The molecule has 2 rings (SSSR count). The van der Waals surface area contributed by atoms with Crippen LogP contribution < -0.4 is 9.64 Å². The van der Waals surface area contributed by atoms with Crippen molar-refractivity contribution in [3.8, 4) is 5.75 Å². The molecule has 0 aliphatic carbocycles. The first-order chi connectivity index (χ1) is 11.3. The zero-order valence-corrected chi connectivity index (χ0v) is 13.4. The molecular weight excluding hydrogens is 319 g/mol. The first kappa shape index (κ1) is 17.8. The molecule has 0 radical (unpaired) electrons. The lowest BCUT2D eigenvalue weighted by Gasteiger charge is -2.21. The Kier molecular flexibility index (Phi) is 5.49. The number of alkyl halides is 3. The molecule has 2 aromatic carbocycles. The molecule has 0 unspecified atom stereocenters. The number of nitrogens with zero attached hydrogens (tertiary/aromatic N) is 1. The van der Waals surface area contributed by atoms with E-state index in [2.05, 4.69) is 9.64 Å². The number of ether oxygens (including phenoxy) is 1. The van der Waals surface area contributed by atoms with Crippen LogP contribution in [0.3, 0.4) is 0 Å². The summed E-state index contributed by atoms with van der Waals surface area (Å²) < 4.78 is 40.7. The maximum absolute atomic E-state index is 12.4. The Morgan fingerprint density at radius 3 is 2.17 bits per heavy atom. The van der Waals surface area contributed by atoms with Gasteiger partial charge in [-0.15, -0.1) is 13.2 Å². The Morgan fingerprint density at radius 1 is 1.00 bits per heavy atom. The summed E-state index contributed by atoms with van der Waals surface area (Å²) in [6, 6.07) is 12.1. The van der Waals surface area contributed by atoms with Crippen molar-refractivity contribution in [2.24, 2.45) is 0 Å². The van der Waals surface area contributed by atoms with Gasteiger partial charge in [-0.3, -0.25) is 4.79 Å². The second-order valence-electron chi connectivity index (χ2n) is 5.12. The first-order valence-electron chi connectivity index (χ1n) is 7.59. The summed E-state index contributed by atoms with van der Waals surface area (Å²) in [7, 11) is 0. The molecule has 2 aromatic rings. The lowest BCUT2D eigenvalue weighted by molar-refractivity contribution is -0.274. The highest BCUT2D eigenvalue weighted by molar-refractivity contribution is 6.09. The lowest BCUT2D eigenvalue weighted by Crippen LogP contribution is -2.21. The van der Waals surface area contributed by atoms with Crippen molar-refractivity contribution in [2.45, 2.75) is 20.2 Å². The number of hydrogen-bond donors (Lipinski definition) is 0. The molecule has 6 heteroatoms. The number of carbonyl (C=O) groups excluding carboxylic acids is 1. The molecule has 0 amide bonds. The van der Waals surface area contributed by atoms with Gasteiger partial charge in [0.05, 0.1) is 0 Å². The van der Waals surface area contributed by atoms with Crippen LogP contribution in [0.2, 0.25) is 0 Å². The second-order valence-corrected chi connectivity index (χ2v) is 5.12. The van der Waals surface area contributed by atoms with Crippen molar-refractivity contribution in [2.75, 3.05) is 18.0 Å². The van der Waals surface area contributed by atoms with Gasteiger partial charge in [0.2, 0.25) is 0 Å². The van der Waals surface area contributed by atoms with Crippen molar-refractivity contribution < 1.29 is 22.7 Å². The molecule has 128 valence electrons. The van der Waals surface area contributed by atoms with Crippen molar-refractivity contribution in [1.29, 1.82) is 0 Å². The molecule has 0 bridgehead atoms. The summed E-state index contributed by atoms with van der Waals surface area (Å²) in [5.74, 6) is -0.762. The van der Waals surface area contributed by atoms with Gasteiger partial charge in [0.1, 0.15) is 5.75 Å². The number of anilines is 1. The van der Waals surface area contributed by atoms with Gasteiger partial charge >= 0.3 is 6.36 Å². The van der Waals surface area contributed by atoms with E-state index in [1.165, 1.54) is 12.1 Å². The SMILES string of the molecule is CCN(CC)c1ccc(C(=O)c2cccc(OC(F)(F)F)c2)cc1. The zero-order chi connectivity index (χ0) is 17.7. The Hall–Kier alpha value is -2.50. The van der Waals surface area contributed by atoms with Gasteiger partial charge in [0.15, 0.2) is 5.78 Å². The van der Waals surface area contributed by atoms with Gasteiger partial charge in [-0.05, 0) is 50.2 Å². The van der Waals surface area contributed by atoms with E-state index in [0.717, 1.165) is 30.9 Å². The highest BCUT2D eigenvalue weighted by atomic mass is 19.4. The van der Waals surface area contributed by atoms with Gasteiger partial charge in [0, 0.05) is 29.9 Å². The molecular formula is C18H18F3NO2. The second kappa shape index (κ2) is 7.38. The van der Waals surface area contributed by atoms with E-state index < -0.39 is 12.1 Å². The molecule has 0 aliphatic rings. The normalized spacial score (nSPS) is 11.2. The maximum atomic E-state index is 12.4. The number of carbonyl (C=O) groups is 1. The van der Waals surface area contributed by atoms with Crippen molar-refractivity contribution in [1.82, 2.24) is 0 Å². The molecule has 0 spiro atoms. The van der Waals surface area contributed by atoms with E-state index in [9.17, 15) is 18.0 Å². The molecule has 0 heterocycles. The molecule has 0 N–H and O–H groups in total. The van der Waals surface area contributed by atoms with E-state index >= 15 is 0 Å². The first-order valence-corrected chi connectivity index (χ1v) is 7.59. The van der Waals surface area contributed by atoms with Crippen molar-refractivity contribution in [3.05, 3.63) is 59.7 Å². The predicted molar refractivity (Wildman–Crippen MR) is 86.6 cm³/mol. The molecule has 0 aliphatic heterocycles. The van der Waals surface area contributed by atoms with Gasteiger partial charge in [-0.2, -0.15) is 0 Å². The van der Waals surface area contributed by atoms with Crippen molar-refractivity contribution >= 4 is 11.5 Å². The summed E-state index contributed by atoms with van der Waals surface area (Å²) in [6.45, 7) is 5.77. The van der Waals surface area contributed by atoms with Gasteiger partial charge < -0.3 is 9.64 Å². The summed E-state index contributed by atoms with van der Waals surface area (Å²) in [6.07, 6.45) is -4.78. The highest BCUT2D eigenvalue weighted by Gasteiger charge is 2.31. The summed E-state index contributed by atoms with van der Waals surface area (Å²) in [5.41, 5.74) is 1.55. The largest absolute Gasteiger partial charge is 0.573 e. The predicted octanol–water partition coefficient (Wildman–Crippen LogP) is 4.66. The number of hydrogen-bond acceptors (Lipinski definition) is 3. The minimum atomic E-state index is -4.78. The van der Waals surface area contributed by atoms with Crippen LogP contribution in [0.5, 0.6) is 5.75 Å². The Balaban J connectivity index is 2.21.